The van der Waals surface area contributed by atoms with Gasteiger partial charge in [0.2, 0.25) is 0 Å². The van der Waals surface area contributed by atoms with Crippen LogP contribution in [0.3, 0.4) is 0 Å². The van der Waals surface area contributed by atoms with Crippen LogP contribution in [-0.2, 0) is 29.9 Å². The van der Waals surface area contributed by atoms with Gasteiger partial charge >= 0.3 is 0 Å². The molecule has 6 heteroatoms. The molecule has 1 fully saturated rings. The zero-order chi connectivity index (χ0) is 12.3. The fourth-order valence-corrected chi connectivity index (χ4v) is 3.46. The Morgan fingerprint density at radius 1 is 1.33 bits per heavy atom. The molecule has 1 aliphatic heterocycles. The van der Waals surface area contributed by atoms with Crippen molar-refractivity contribution in [3.63, 3.8) is 0 Å². The van der Waals surface area contributed by atoms with Crippen LogP contribution in [0, 0.1) is 0 Å². The zero-order valence-electron chi connectivity index (χ0n) is 9.82. The fourth-order valence-electron chi connectivity index (χ4n) is 2.02. The maximum Gasteiger partial charge on any atom is 0.180 e. The van der Waals surface area contributed by atoms with Crippen molar-refractivity contribution < 1.29 is 33.6 Å². The van der Waals surface area contributed by atoms with Gasteiger partial charge in [-0.2, -0.15) is 0 Å². The third-order valence-corrected chi connectivity index (χ3v) is 4.73. The summed E-state index contributed by atoms with van der Waals surface area (Å²) < 4.78 is 24.0. The number of rotatable bonds is 4. The summed E-state index contributed by atoms with van der Waals surface area (Å²) in [4.78, 5) is 0.261. The van der Waals surface area contributed by atoms with E-state index in [1.54, 1.807) is 30.3 Å². The third-order valence-electron chi connectivity index (χ3n) is 2.96. The smallest absolute Gasteiger partial charge is 0.180 e. The molecule has 2 atom stereocenters. The summed E-state index contributed by atoms with van der Waals surface area (Å²) in [5.74, 6) is -0.245. The number of aliphatic hydroxyl groups is 1. The Hall–Kier alpha value is -0.261. The van der Waals surface area contributed by atoms with Gasteiger partial charge in [-0.3, -0.25) is 0 Å². The van der Waals surface area contributed by atoms with E-state index < -0.39 is 15.9 Å². The van der Waals surface area contributed by atoms with Crippen LogP contribution in [0.4, 0.5) is 0 Å². The van der Waals surface area contributed by atoms with E-state index in [2.05, 4.69) is 5.32 Å². The first-order valence-electron chi connectivity index (χ1n) is 5.72. The van der Waals surface area contributed by atoms with Crippen LogP contribution in [0.25, 0.3) is 5.32 Å². The second kappa shape index (κ2) is 6.78. The summed E-state index contributed by atoms with van der Waals surface area (Å²) in [7, 11) is -3.41. The molecule has 4 nitrogen and oxygen atoms in total. The van der Waals surface area contributed by atoms with Crippen molar-refractivity contribution in [1.29, 1.82) is 0 Å². The zero-order valence-corrected chi connectivity index (χ0v) is 13.0. The van der Waals surface area contributed by atoms with Crippen molar-refractivity contribution in [2.75, 3.05) is 12.3 Å². The van der Waals surface area contributed by atoms with Crippen molar-refractivity contribution in [3.05, 3.63) is 35.6 Å². The topological polar surface area (TPSA) is 68.5 Å². The summed E-state index contributed by atoms with van der Waals surface area (Å²) in [6.45, 7) is 0.729. The van der Waals surface area contributed by atoms with E-state index in [1.165, 1.54) is 0 Å². The average molecular weight is 447 g/mol. The molecule has 1 N–H and O–H groups in total. The number of nitrogens with zero attached hydrogens (tertiary/aromatic N) is 1. The molecule has 2 rings (SSSR count). The first kappa shape index (κ1) is 15.8. The Labute approximate surface area is 121 Å². The summed E-state index contributed by atoms with van der Waals surface area (Å²) in [5, 5.41) is 14.1. The van der Waals surface area contributed by atoms with Gasteiger partial charge in [0.05, 0.1) is 16.8 Å². The van der Waals surface area contributed by atoms with E-state index in [4.69, 9.17) is 0 Å². The molecule has 0 saturated carbocycles. The minimum Gasteiger partial charge on any atom is -0.657 e. The molecule has 1 saturated heterocycles. The fraction of sp³-hybridized carbons (Fsp3) is 0.500. The van der Waals surface area contributed by atoms with E-state index in [0.29, 0.717) is 0 Å². The van der Waals surface area contributed by atoms with Gasteiger partial charge < -0.3 is 10.4 Å². The Kier molecular flexibility index (Phi) is 5.95. The molecule has 1 aromatic rings. The Morgan fingerprint density at radius 2 is 2.00 bits per heavy atom. The van der Waals surface area contributed by atoms with Gasteiger partial charge in [0, 0.05) is 20.1 Å². The van der Waals surface area contributed by atoms with Crippen molar-refractivity contribution in [2.24, 2.45) is 0 Å². The second-order valence-corrected chi connectivity index (χ2v) is 6.31. The standard InChI is InChI=1S/C12H16NO3S.Ir/c14-12(11-7-4-8-13-11)9-17(15,16)10-5-2-1-3-6-10;/h1-3,5-6,11-12,14H,4,7-9H2;/q-1;/t11-,12+;/m0./s1. The van der Waals surface area contributed by atoms with Crippen LogP contribution in [-0.4, -0.2) is 38.0 Å². The molecule has 0 amide bonds. The van der Waals surface area contributed by atoms with Crippen LogP contribution in [0.5, 0.6) is 0 Å². The molecule has 1 aromatic carbocycles. The summed E-state index contributed by atoms with van der Waals surface area (Å²) in [6.07, 6.45) is 0.834. The summed E-state index contributed by atoms with van der Waals surface area (Å²) >= 11 is 0. The summed E-state index contributed by atoms with van der Waals surface area (Å²) in [5.41, 5.74) is 0. The number of hydrogen-bond acceptors (Lipinski definition) is 3. The van der Waals surface area contributed by atoms with Crippen molar-refractivity contribution in [2.45, 2.75) is 29.9 Å². The molecule has 1 heterocycles. The van der Waals surface area contributed by atoms with Crippen molar-refractivity contribution in [3.8, 4) is 0 Å². The quantitative estimate of drug-likeness (QED) is 0.759. The molecule has 0 aliphatic carbocycles. The molecule has 18 heavy (non-hydrogen) atoms. The predicted molar refractivity (Wildman–Crippen MR) is 65.7 cm³/mol. The van der Waals surface area contributed by atoms with Gasteiger partial charge in [-0.1, -0.05) is 31.0 Å². The second-order valence-electron chi connectivity index (χ2n) is 4.28. The minimum atomic E-state index is -3.41. The van der Waals surface area contributed by atoms with Crippen LogP contribution in [0.15, 0.2) is 35.2 Å². The predicted octanol–water partition coefficient (Wildman–Crippen LogP) is 1.35. The summed E-state index contributed by atoms with van der Waals surface area (Å²) in [6, 6.07) is 8.01. The molecule has 0 spiro atoms. The molecule has 103 valence electrons. The van der Waals surface area contributed by atoms with E-state index >= 15 is 0 Å². The van der Waals surface area contributed by atoms with Gasteiger partial charge in [-0.05, 0) is 12.1 Å². The third kappa shape index (κ3) is 3.87. The molecular weight excluding hydrogens is 430 g/mol. The monoisotopic (exact) mass is 447 g/mol. The van der Waals surface area contributed by atoms with Crippen LogP contribution >= 0.6 is 0 Å². The van der Waals surface area contributed by atoms with Gasteiger partial charge in [0.25, 0.3) is 0 Å². The number of benzene rings is 1. The number of sulfone groups is 1. The van der Waals surface area contributed by atoms with E-state index in [9.17, 15) is 13.5 Å². The molecule has 0 unspecified atom stereocenters. The molecule has 0 bridgehead atoms. The van der Waals surface area contributed by atoms with Crippen LogP contribution in [0.2, 0.25) is 0 Å². The average Bonchev–Trinajstić information content (AvgIpc) is 2.83. The largest absolute Gasteiger partial charge is 0.657 e. The van der Waals surface area contributed by atoms with Crippen LogP contribution in [0.1, 0.15) is 12.8 Å². The molecule has 1 aliphatic rings. The Bertz CT molecular complexity index is 457. The first-order valence-corrected chi connectivity index (χ1v) is 7.37. The normalized spacial score (nSPS) is 21.3. The van der Waals surface area contributed by atoms with Gasteiger partial charge in [0.15, 0.2) is 9.84 Å². The number of aliphatic hydroxyl groups excluding tert-OH is 1. The maximum atomic E-state index is 12.0. The first-order chi connectivity index (χ1) is 8.09. The Balaban J connectivity index is 0.00000162. The van der Waals surface area contributed by atoms with Gasteiger partial charge in [0.1, 0.15) is 0 Å². The van der Waals surface area contributed by atoms with E-state index in [0.717, 1.165) is 19.4 Å². The maximum absolute atomic E-state index is 12.0. The molecule has 1 radical (unpaired) electrons. The molecular formula is C12H16IrNO3S-. The van der Waals surface area contributed by atoms with Gasteiger partial charge in [-0.15, -0.1) is 12.6 Å². The minimum absolute atomic E-state index is 0. The van der Waals surface area contributed by atoms with Crippen molar-refractivity contribution in [1.82, 2.24) is 0 Å². The number of hydrogen-bond donors (Lipinski definition) is 1. The van der Waals surface area contributed by atoms with E-state index in [1.807, 2.05) is 0 Å². The SMILES string of the molecule is O=S(=O)(C[C@@H](O)[C@@H]1CCC[N-]1)c1ccccc1.[Ir]. The van der Waals surface area contributed by atoms with Gasteiger partial charge in [-0.25, -0.2) is 8.42 Å². The Morgan fingerprint density at radius 3 is 2.56 bits per heavy atom. The van der Waals surface area contributed by atoms with Crippen LogP contribution < -0.4 is 0 Å². The van der Waals surface area contributed by atoms with E-state index in [-0.39, 0.29) is 36.8 Å². The van der Waals surface area contributed by atoms with Crippen molar-refractivity contribution >= 4 is 9.84 Å². The molecule has 0 aromatic heterocycles.